The molecule has 0 aliphatic heterocycles. The molecule has 30 heavy (non-hydrogen) atoms. The zero-order valence-corrected chi connectivity index (χ0v) is 18.7. The third kappa shape index (κ3) is 4.55. The summed E-state index contributed by atoms with van der Waals surface area (Å²) in [7, 11) is 4.38. The van der Waals surface area contributed by atoms with Crippen molar-refractivity contribution in [3.8, 4) is 0 Å². The number of H-pyrrole nitrogens is 1. The predicted octanol–water partition coefficient (Wildman–Crippen LogP) is 4.90. The molecule has 1 saturated carbocycles. The van der Waals surface area contributed by atoms with Crippen molar-refractivity contribution in [3.63, 3.8) is 0 Å². The van der Waals surface area contributed by atoms with Crippen molar-refractivity contribution in [2.75, 3.05) is 20.6 Å². The Labute approximate surface area is 185 Å². The van der Waals surface area contributed by atoms with Gasteiger partial charge in [-0.15, -0.1) is 12.4 Å². The molecule has 160 valence electrons. The molecule has 4 rings (SSSR count). The Hall–Kier alpha value is -2.30. The first kappa shape index (κ1) is 22.4. The van der Waals surface area contributed by atoms with Gasteiger partial charge in [-0.3, -0.25) is 9.69 Å². The van der Waals surface area contributed by atoms with E-state index in [1.165, 1.54) is 5.56 Å². The van der Waals surface area contributed by atoms with Gasteiger partial charge in [-0.2, -0.15) is 0 Å². The number of halogens is 1. The van der Waals surface area contributed by atoms with Crippen molar-refractivity contribution in [1.29, 1.82) is 0 Å². The maximum Gasteiger partial charge on any atom is 0.224 e. The van der Waals surface area contributed by atoms with Gasteiger partial charge in [0.1, 0.15) is 0 Å². The fourth-order valence-electron chi connectivity index (χ4n) is 4.87. The van der Waals surface area contributed by atoms with Gasteiger partial charge >= 0.3 is 0 Å². The van der Waals surface area contributed by atoms with Gasteiger partial charge in [-0.25, -0.2) is 0 Å². The van der Waals surface area contributed by atoms with Crippen molar-refractivity contribution in [2.24, 2.45) is 5.92 Å². The van der Waals surface area contributed by atoms with E-state index in [4.69, 9.17) is 0 Å². The molecule has 1 aromatic heterocycles. The number of benzene rings is 2. The molecule has 0 spiro atoms. The van der Waals surface area contributed by atoms with Gasteiger partial charge < -0.3 is 10.3 Å². The van der Waals surface area contributed by atoms with Gasteiger partial charge in [-0.05, 0) is 62.9 Å². The summed E-state index contributed by atoms with van der Waals surface area (Å²) in [6.45, 7) is 0.777. The molecule has 1 heterocycles. The van der Waals surface area contributed by atoms with E-state index >= 15 is 0 Å². The number of fused-ring (bicyclic) bond motifs is 1. The molecule has 0 bridgehead atoms. The van der Waals surface area contributed by atoms with Crippen LogP contribution < -0.4 is 5.32 Å². The monoisotopic (exact) mass is 425 g/mol. The van der Waals surface area contributed by atoms with E-state index in [0.29, 0.717) is 12.3 Å². The first-order chi connectivity index (χ1) is 14.1. The van der Waals surface area contributed by atoms with Crippen LogP contribution in [0.4, 0.5) is 0 Å². The SMILES string of the molecule is CN(C)C1(c2ccccc2)CCC(CNC(=O)Cc2c[nH]c3ccccc23)CC1.Cl. The topological polar surface area (TPSA) is 48.1 Å². The highest BCUT2D eigenvalue weighted by molar-refractivity contribution is 5.88. The van der Waals surface area contributed by atoms with Crippen LogP contribution in [0.5, 0.6) is 0 Å². The number of nitrogens with zero attached hydrogens (tertiary/aromatic N) is 1. The van der Waals surface area contributed by atoms with Crippen molar-refractivity contribution in [3.05, 3.63) is 71.9 Å². The minimum absolute atomic E-state index is 0. The molecule has 4 nitrogen and oxygen atoms in total. The molecule has 0 saturated heterocycles. The summed E-state index contributed by atoms with van der Waals surface area (Å²) in [6, 6.07) is 19.0. The zero-order chi connectivity index (χ0) is 20.3. The molecule has 3 aromatic rings. The molecular formula is C25H32ClN3O. The largest absolute Gasteiger partial charge is 0.361 e. The molecule has 2 N–H and O–H groups in total. The summed E-state index contributed by atoms with van der Waals surface area (Å²) in [6.07, 6.45) is 6.93. The maximum absolute atomic E-state index is 12.5. The molecule has 0 radical (unpaired) electrons. The molecule has 1 amide bonds. The summed E-state index contributed by atoms with van der Waals surface area (Å²) >= 11 is 0. The first-order valence-electron chi connectivity index (χ1n) is 10.6. The Morgan fingerprint density at radius 1 is 1.07 bits per heavy atom. The van der Waals surface area contributed by atoms with Gasteiger partial charge in [0.15, 0.2) is 0 Å². The molecule has 1 fully saturated rings. The van der Waals surface area contributed by atoms with Crippen LogP contribution in [-0.4, -0.2) is 36.4 Å². The smallest absolute Gasteiger partial charge is 0.224 e. The third-order valence-corrected chi connectivity index (χ3v) is 6.71. The summed E-state index contributed by atoms with van der Waals surface area (Å²) in [5.41, 5.74) is 3.68. The number of carbonyl (C=O) groups excluding carboxylic acids is 1. The van der Waals surface area contributed by atoms with Crippen LogP contribution in [0.2, 0.25) is 0 Å². The van der Waals surface area contributed by atoms with Crippen molar-refractivity contribution >= 4 is 29.2 Å². The summed E-state index contributed by atoms with van der Waals surface area (Å²) in [4.78, 5) is 18.2. The number of rotatable bonds is 6. The Balaban J connectivity index is 0.00000256. The summed E-state index contributed by atoms with van der Waals surface area (Å²) in [5.74, 6) is 0.668. The van der Waals surface area contributed by atoms with Crippen molar-refractivity contribution < 1.29 is 4.79 Å². The van der Waals surface area contributed by atoms with Crippen LogP contribution in [0.25, 0.3) is 10.9 Å². The predicted molar refractivity (Wildman–Crippen MR) is 126 cm³/mol. The molecule has 1 aliphatic rings. The van der Waals surface area contributed by atoms with Gasteiger partial charge in [-0.1, -0.05) is 48.5 Å². The standard InChI is InChI=1S/C25H31N3O.ClH/c1-28(2)25(21-8-4-3-5-9-21)14-12-19(13-15-25)17-27-24(29)16-20-18-26-23-11-7-6-10-22(20)23;/h3-11,18-19,26H,12-17H2,1-2H3,(H,27,29);1H. The normalized spacial score (nSPS) is 21.4. The van der Waals surface area contributed by atoms with E-state index < -0.39 is 0 Å². The van der Waals surface area contributed by atoms with Crippen LogP contribution in [0.1, 0.15) is 36.8 Å². The second-order valence-electron chi connectivity index (χ2n) is 8.58. The molecule has 0 atom stereocenters. The van der Waals surface area contributed by atoms with E-state index in [9.17, 15) is 4.79 Å². The lowest BCUT2D eigenvalue weighted by Gasteiger charge is -2.45. The number of para-hydroxylation sites is 1. The number of aromatic nitrogens is 1. The van der Waals surface area contributed by atoms with Gasteiger partial charge in [0.25, 0.3) is 0 Å². The van der Waals surface area contributed by atoms with Crippen LogP contribution in [-0.2, 0) is 16.8 Å². The fourth-order valence-corrected chi connectivity index (χ4v) is 4.87. The first-order valence-corrected chi connectivity index (χ1v) is 10.6. The van der Waals surface area contributed by atoms with E-state index in [1.54, 1.807) is 0 Å². The highest BCUT2D eigenvalue weighted by Crippen LogP contribution is 2.42. The number of hydrogen-bond donors (Lipinski definition) is 2. The average molecular weight is 426 g/mol. The Kier molecular flexibility index (Phi) is 7.22. The quantitative estimate of drug-likeness (QED) is 0.590. The van der Waals surface area contributed by atoms with Crippen molar-refractivity contribution in [1.82, 2.24) is 15.2 Å². The number of carbonyl (C=O) groups is 1. The molecule has 5 heteroatoms. The highest BCUT2D eigenvalue weighted by Gasteiger charge is 2.38. The zero-order valence-electron chi connectivity index (χ0n) is 17.9. The lowest BCUT2D eigenvalue weighted by atomic mass is 9.72. The Morgan fingerprint density at radius 2 is 1.73 bits per heavy atom. The molecule has 1 aliphatic carbocycles. The molecule has 0 unspecified atom stereocenters. The average Bonchev–Trinajstić information content (AvgIpc) is 3.16. The van der Waals surface area contributed by atoms with Crippen LogP contribution >= 0.6 is 12.4 Å². The van der Waals surface area contributed by atoms with E-state index in [-0.39, 0.29) is 23.9 Å². The minimum Gasteiger partial charge on any atom is -0.361 e. The van der Waals surface area contributed by atoms with E-state index in [1.807, 2.05) is 24.4 Å². The fraction of sp³-hybridized carbons (Fsp3) is 0.400. The minimum atomic E-state index is 0. The van der Waals surface area contributed by atoms with Crippen molar-refractivity contribution in [2.45, 2.75) is 37.6 Å². The Bertz CT molecular complexity index is 959. The number of aromatic amines is 1. The van der Waals surface area contributed by atoms with E-state index in [0.717, 1.165) is 48.7 Å². The lowest BCUT2D eigenvalue weighted by molar-refractivity contribution is -0.120. The number of hydrogen-bond acceptors (Lipinski definition) is 2. The molecule has 2 aromatic carbocycles. The molecular weight excluding hydrogens is 394 g/mol. The number of nitrogens with one attached hydrogen (secondary N) is 2. The summed E-state index contributed by atoms with van der Waals surface area (Å²) < 4.78 is 0. The van der Waals surface area contributed by atoms with Crippen LogP contribution in [0.15, 0.2) is 60.8 Å². The van der Waals surface area contributed by atoms with Crippen LogP contribution in [0, 0.1) is 5.92 Å². The van der Waals surface area contributed by atoms with Gasteiger partial charge in [0, 0.05) is 29.2 Å². The second-order valence-corrected chi connectivity index (χ2v) is 8.58. The Morgan fingerprint density at radius 3 is 2.43 bits per heavy atom. The van der Waals surface area contributed by atoms with Crippen LogP contribution in [0.3, 0.4) is 0 Å². The van der Waals surface area contributed by atoms with Gasteiger partial charge in [0.2, 0.25) is 5.91 Å². The van der Waals surface area contributed by atoms with Gasteiger partial charge in [0.05, 0.1) is 6.42 Å². The second kappa shape index (κ2) is 9.67. The van der Waals surface area contributed by atoms with E-state index in [2.05, 4.69) is 65.7 Å². The maximum atomic E-state index is 12.5. The number of amides is 1. The highest BCUT2D eigenvalue weighted by atomic mass is 35.5. The third-order valence-electron chi connectivity index (χ3n) is 6.71. The summed E-state index contributed by atoms with van der Waals surface area (Å²) in [5, 5.41) is 4.32. The lowest BCUT2D eigenvalue weighted by Crippen LogP contribution is -2.45.